The van der Waals surface area contributed by atoms with E-state index in [4.69, 9.17) is 10.5 Å². The lowest BCUT2D eigenvalue weighted by atomic mass is 9.98. The number of carbonyl (C=O) groups is 1. The molecular formula is C18H31Cl2N3O2. The highest BCUT2D eigenvalue weighted by molar-refractivity contribution is 5.95. The number of carbonyl (C=O) groups excluding carboxylic acids is 1. The summed E-state index contributed by atoms with van der Waals surface area (Å²) in [6, 6.07) is 7.39. The lowest BCUT2D eigenvalue weighted by Crippen LogP contribution is -2.49. The van der Waals surface area contributed by atoms with Gasteiger partial charge in [0, 0.05) is 12.2 Å². The number of hydrogen-bond acceptors (Lipinski definition) is 4. The number of halogens is 2. The van der Waals surface area contributed by atoms with Gasteiger partial charge in [-0.3, -0.25) is 9.69 Å². The number of likely N-dealkylation sites (tertiary alicyclic amines) is 1. The summed E-state index contributed by atoms with van der Waals surface area (Å²) < 4.78 is 5.45. The largest absolute Gasteiger partial charge is 0.492 e. The average Bonchev–Trinajstić information content (AvgIpc) is 2.55. The number of rotatable bonds is 7. The third-order valence-corrected chi connectivity index (χ3v) is 4.19. The van der Waals surface area contributed by atoms with Crippen molar-refractivity contribution in [1.82, 2.24) is 4.90 Å². The van der Waals surface area contributed by atoms with Crippen LogP contribution in [0.2, 0.25) is 0 Å². The van der Waals surface area contributed by atoms with Gasteiger partial charge in [-0.05, 0) is 56.1 Å². The molecule has 0 aromatic heterocycles. The van der Waals surface area contributed by atoms with Gasteiger partial charge in [0.15, 0.2) is 0 Å². The lowest BCUT2D eigenvalue weighted by molar-refractivity contribution is -0.123. The molecule has 1 aromatic carbocycles. The van der Waals surface area contributed by atoms with E-state index in [1.165, 1.54) is 19.3 Å². The minimum Gasteiger partial charge on any atom is -0.492 e. The zero-order chi connectivity index (χ0) is 16.7. The van der Waals surface area contributed by atoms with Crippen molar-refractivity contribution >= 4 is 36.4 Å². The van der Waals surface area contributed by atoms with Crippen LogP contribution in [0.15, 0.2) is 24.3 Å². The maximum atomic E-state index is 12.7. The summed E-state index contributed by atoms with van der Waals surface area (Å²) >= 11 is 0. The highest BCUT2D eigenvalue weighted by atomic mass is 35.5. The second-order valence-electron chi connectivity index (χ2n) is 6.44. The average molecular weight is 392 g/mol. The third kappa shape index (κ3) is 7.40. The van der Waals surface area contributed by atoms with E-state index in [-0.39, 0.29) is 36.8 Å². The molecule has 1 unspecified atom stereocenters. The van der Waals surface area contributed by atoms with Crippen LogP contribution in [0.1, 0.15) is 33.1 Å². The van der Waals surface area contributed by atoms with E-state index in [1.54, 1.807) is 0 Å². The predicted molar refractivity (Wildman–Crippen MR) is 108 cm³/mol. The van der Waals surface area contributed by atoms with E-state index >= 15 is 0 Å². The fourth-order valence-electron chi connectivity index (χ4n) is 3.11. The van der Waals surface area contributed by atoms with Gasteiger partial charge < -0.3 is 15.8 Å². The van der Waals surface area contributed by atoms with Crippen molar-refractivity contribution in [1.29, 1.82) is 0 Å². The lowest BCUT2D eigenvalue weighted by Gasteiger charge is -2.35. The smallest absolute Gasteiger partial charge is 0.241 e. The normalized spacial score (nSPS) is 15.7. The molecule has 7 heteroatoms. The monoisotopic (exact) mass is 391 g/mol. The standard InChI is InChI=1S/C18H29N3O2.2ClH/c1-14(2)17(21-11-4-3-5-12-21)18(22)20-15-6-8-16(9-7-15)23-13-10-19;;/h6-9,14,17H,3-5,10-13,19H2,1-2H3,(H,20,22);2*1H. The number of nitrogens with zero attached hydrogens (tertiary/aromatic N) is 1. The fourth-order valence-corrected chi connectivity index (χ4v) is 3.11. The Morgan fingerprint density at radius 3 is 2.28 bits per heavy atom. The highest BCUT2D eigenvalue weighted by Crippen LogP contribution is 2.21. The second-order valence-corrected chi connectivity index (χ2v) is 6.44. The van der Waals surface area contributed by atoms with Crippen molar-refractivity contribution in [3.05, 3.63) is 24.3 Å². The molecule has 1 atom stereocenters. The molecule has 144 valence electrons. The maximum absolute atomic E-state index is 12.7. The van der Waals surface area contributed by atoms with Crippen LogP contribution in [-0.2, 0) is 4.79 Å². The summed E-state index contributed by atoms with van der Waals surface area (Å²) in [5.41, 5.74) is 6.22. The van der Waals surface area contributed by atoms with Crippen LogP contribution in [0.4, 0.5) is 5.69 Å². The zero-order valence-corrected chi connectivity index (χ0v) is 16.7. The summed E-state index contributed by atoms with van der Waals surface area (Å²) in [5, 5.41) is 3.04. The first-order chi connectivity index (χ1) is 11.1. The first-order valence-electron chi connectivity index (χ1n) is 8.59. The molecule has 1 saturated heterocycles. The van der Waals surface area contributed by atoms with Gasteiger partial charge in [0.1, 0.15) is 12.4 Å². The molecule has 5 nitrogen and oxygen atoms in total. The Hall–Kier alpha value is -1.01. The summed E-state index contributed by atoms with van der Waals surface area (Å²) in [6.45, 7) is 7.25. The highest BCUT2D eigenvalue weighted by Gasteiger charge is 2.29. The molecular weight excluding hydrogens is 361 g/mol. The Balaban J connectivity index is 0.00000288. The Labute approximate surface area is 163 Å². The minimum atomic E-state index is -0.0662. The molecule has 1 aliphatic heterocycles. The van der Waals surface area contributed by atoms with Crippen LogP contribution < -0.4 is 15.8 Å². The number of hydrogen-bond donors (Lipinski definition) is 2. The van der Waals surface area contributed by atoms with Gasteiger partial charge in [-0.15, -0.1) is 24.8 Å². The van der Waals surface area contributed by atoms with Crippen molar-refractivity contribution in [3.63, 3.8) is 0 Å². The van der Waals surface area contributed by atoms with E-state index in [0.29, 0.717) is 19.1 Å². The summed E-state index contributed by atoms with van der Waals surface area (Å²) in [6.07, 6.45) is 3.64. The van der Waals surface area contributed by atoms with Crippen molar-refractivity contribution in [2.45, 2.75) is 39.2 Å². The number of benzene rings is 1. The molecule has 0 spiro atoms. The molecule has 1 fully saturated rings. The number of anilines is 1. The third-order valence-electron chi connectivity index (χ3n) is 4.19. The predicted octanol–water partition coefficient (Wildman–Crippen LogP) is 3.32. The van der Waals surface area contributed by atoms with Gasteiger partial charge in [-0.25, -0.2) is 0 Å². The molecule has 0 bridgehead atoms. The molecule has 1 aromatic rings. The Bertz CT molecular complexity index is 492. The Kier molecular flexibility index (Phi) is 11.9. The Morgan fingerprint density at radius 2 is 1.76 bits per heavy atom. The number of piperidine rings is 1. The fraction of sp³-hybridized carbons (Fsp3) is 0.611. The molecule has 3 N–H and O–H groups in total. The number of nitrogens with one attached hydrogen (secondary N) is 1. The molecule has 0 aliphatic carbocycles. The van der Waals surface area contributed by atoms with Gasteiger partial charge in [-0.1, -0.05) is 20.3 Å². The van der Waals surface area contributed by atoms with Crippen LogP contribution in [0.5, 0.6) is 5.75 Å². The van der Waals surface area contributed by atoms with Crippen molar-refractivity contribution in [2.75, 3.05) is 31.6 Å². The first-order valence-corrected chi connectivity index (χ1v) is 8.59. The topological polar surface area (TPSA) is 67.6 Å². The minimum absolute atomic E-state index is 0. The SMILES string of the molecule is CC(C)C(C(=O)Nc1ccc(OCCN)cc1)N1CCCCC1.Cl.Cl. The van der Waals surface area contributed by atoms with Crippen LogP contribution in [0, 0.1) is 5.92 Å². The molecule has 1 aliphatic rings. The van der Waals surface area contributed by atoms with Crippen LogP contribution in [0.25, 0.3) is 0 Å². The maximum Gasteiger partial charge on any atom is 0.241 e. The molecule has 0 saturated carbocycles. The molecule has 1 amide bonds. The van der Waals surface area contributed by atoms with Gasteiger partial charge >= 0.3 is 0 Å². The molecule has 0 radical (unpaired) electrons. The van der Waals surface area contributed by atoms with Crippen LogP contribution >= 0.6 is 24.8 Å². The van der Waals surface area contributed by atoms with E-state index in [9.17, 15) is 4.79 Å². The van der Waals surface area contributed by atoms with Crippen molar-refractivity contribution in [2.24, 2.45) is 11.7 Å². The quantitative estimate of drug-likeness (QED) is 0.747. The van der Waals surface area contributed by atoms with Crippen molar-refractivity contribution in [3.8, 4) is 5.75 Å². The molecule has 2 rings (SSSR count). The van der Waals surface area contributed by atoms with Gasteiger partial charge in [0.05, 0.1) is 6.04 Å². The van der Waals surface area contributed by atoms with E-state index in [2.05, 4.69) is 24.1 Å². The van der Waals surface area contributed by atoms with Crippen LogP contribution in [0.3, 0.4) is 0 Å². The van der Waals surface area contributed by atoms with Gasteiger partial charge in [-0.2, -0.15) is 0 Å². The first kappa shape index (κ1) is 24.0. The number of ether oxygens (including phenoxy) is 1. The van der Waals surface area contributed by atoms with E-state index in [0.717, 1.165) is 24.5 Å². The Morgan fingerprint density at radius 1 is 1.16 bits per heavy atom. The van der Waals surface area contributed by atoms with E-state index < -0.39 is 0 Å². The van der Waals surface area contributed by atoms with Crippen molar-refractivity contribution < 1.29 is 9.53 Å². The van der Waals surface area contributed by atoms with Crippen LogP contribution in [-0.4, -0.2) is 43.1 Å². The van der Waals surface area contributed by atoms with Gasteiger partial charge in [0.2, 0.25) is 5.91 Å². The summed E-state index contributed by atoms with van der Waals surface area (Å²) in [5.74, 6) is 1.14. The zero-order valence-electron chi connectivity index (χ0n) is 15.1. The molecule has 1 heterocycles. The van der Waals surface area contributed by atoms with E-state index in [1.807, 2.05) is 24.3 Å². The number of nitrogens with two attached hydrogens (primary N) is 1. The second kappa shape index (κ2) is 12.4. The van der Waals surface area contributed by atoms with Gasteiger partial charge in [0.25, 0.3) is 0 Å². The summed E-state index contributed by atoms with van der Waals surface area (Å²) in [7, 11) is 0. The molecule has 25 heavy (non-hydrogen) atoms. The summed E-state index contributed by atoms with van der Waals surface area (Å²) in [4.78, 5) is 15.0. The number of amides is 1.